The maximum Gasteiger partial charge on any atom is 0.119 e. The number of hydrogen-bond acceptors (Lipinski definition) is 2. The predicted octanol–water partition coefficient (Wildman–Crippen LogP) is 3.93. The van der Waals surface area contributed by atoms with Crippen LogP contribution in [-0.4, -0.2) is 12.6 Å². The zero-order chi connectivity index (χ0) is 12.0. The summed E-state index contributed by atoms with van der Waals surface area (Å²) in [6.07, 6.45) is 1.05. The predicted molar refractivity (Wildman–Crippen MR) is 70.2 cm³/mol. The number of hydrogen-bond donors (Lipinski definition) is 1. The van der Waals surface area contributed by atoms with E-state index in [1.807, 2.05) is 12.1 Å². The number of rotatable bonds is 6. The molecule has 1 atom stereocenters. The zero-order valence-corrected chi connectivity index (χ0v) is 10.8. The smallest absolute Gasteiger partial charge is 0.119 e. The van der Waals surface area contributed by atoms with Gasteiger partial charge in [-0.15, -0.1) is 0 Å². The van der Waals surface area contributed by atoms with Crippen molar-refractivity contribution in [3.8, 4) is 5.75 Å². The molecule has 90 valence electrons. The normalized spacial score (nSPS) is 12.6. The van der Waals surface area contributed by atoms with Crippen LogP contribution in [0.15, 0.2) is 24.3 Å². The minimum atomic E-state index is 0.488. The highest BCUT2D eigenvalue weighted by Gasteiger charge is 2.06. The number of nitrogens with one attached hydrogen (secondary N) is 1. The Kier molecular flexibility index (Phi) is 5.17. The maximum atomic E-state index is 5.53. The molecule has 0 amide bonds. The van der Waals surface area contributed by atoms with E-state index in [2.05, 4.69) is 45.1 Å². The Bertz CT molecular complexity index is 292. The Morgan fingerprint density at radius 3 is 2.25 bits per heavy atom. The SMILES string of the molecule is CCCOc1ccc(NC(C)C(C)C)cc1. The first-order valence-corrected chi connectivity index (χ1v) is 6.13. The molecule has 0 aromatic heterocycles. The van der Waals surface area contributed by atoms with E-state index >= 15 is 0 Å². The molecule has 0 radical (unpaired) electrons. The summed E-state index contributed by atoms with van der Waals surface area (Å²) in [4.78, 5) is 0. The number of ether oxygens (including phenoxy) is 1. The summed E-state index contributed by atoms with van der Waals surface area (Å²) in [6.45, 7) is 9.54. The van der Waals surface area contributed by atoms with Crippen LogP contribution in [-0.2, 0) is 0 Å². The minimum absolute atomic E-state index is 0.488. The van der Waals surface area contributed by atoms with Gasteiger partial charge in [0.05, 0.1) is 6.61 Å². The van der Waals surface area contributed by atoms with Crippen LogP contribution in [0.5, 0.6) is 5.75 Å². The fraction of sp³-hybridized carbons (Fsp3) is 0.571. The Morgan fingerprint density at radius 1 is 1.12 bits per heavy atom. The molecule has 1 N–H and O–H groups in total. The quantitative estimate of drug-likeness (QED) is 0.785. The second-order valence-electron chi connectivity index (χ2n) is 4.55. The fourth-order valence-electron chi connectivity index (χ4n) is 1.30. The first-order valence-electron chi connectivity index (χ1n) is 6.13. The fourth-order valence-corrected chi connectivity index (χ4v) is 1.30. The second kappa shape index (κ2) is 6.41. The van der Waals surface area contributed by atoms with Crippen molar-refractivity contribution in [2.45, 2.75) is 40.2 Å². The van der Waals surface area contributed by atoms with E-state index in [0.717, 1.165) is 24.5 Å². The molecule has 0 fully saturated rings. The van der Waals surface area contributed by atoms with Crippen molar-refractivity contribution in [1.82, 2.24) is 0 Å². The highest BCUT2D eigenvalue weighted by molar-refractivity contribution is 5.47. The lowest BCUT2D eigenvalue weighted by Gasteiger charge is -2.18. The molecule has 2 heteroatoms. The molecule has 2 nitrogen and oxygen atoms in total. The van der Waals surface area contributed by atoms with Crippen molar-refractivity contribution in [3.63, 3.8) is 0 Å². The van der Waals surface area contributed by atoms with Crippen molar-refractivity contribution in [3.05, 3.63) is 24.3 Å². The molecule has 0 saturated heterocycles. The second-order valence-corrected chi connectivity index (χ2v) is 4.55. The third-order valence-corrected chi connectivity index (χ3v) is 2.72. The average Bonchev–Trinajstić information content (AvgIpc) is 2.28. The summed E-state index contributed by atoms with van der Waals surface area (Å²) in [7, 11) is 0. The largest absolute Gasteiger partial charge is 0.494 e. The van der Waals surface area contributed by atoms with Gasteiger partial charge in [-0.05, 0) is 43.5 Å². The van der Waals surface area contributed by atoms with Gasteiger partial charge >= 0.3 is 0 Å². The van der Waals surface area contributed by atoms with Gasteiger partial charge in [-0.2, -0.15) is 0 Å². The summed E-state index contributed by atoms with van der Waals surface area (Å²) >= 11 is 0. The van der Waals surface area contributed by atoms with E-state index in [1.165, 1.54) is 0 Å². The maximum absolute atomic E-state index is 5.53. The van der Waals surface area contributed by atoms with Crippen LogP contribution in [0.2, 0.25) is 0 Å². The molecule has 1 rings (SSSR count). The lowest BCUT2D eigenvalue weighted by molar-refractivity contribution is 0.317. The summed E-state index contributed by atoms with van der Waals surface area (Å²) in [5, 5.41) is 3.47. The Balaban J connectivity index is 2.51. The van der Waals surface area contributed by atoms with Gasteiger partial charge in [0, 0.05) is 11.7 Å². The first kappa shape index (κ1) is 12.9. The molecule has 0 aliphatic rings. The van der Waals surface area contributed by atoms with Gasteiger partial charge in [0.1, 0.15) is 5.75 Å². The number of benzene rings is 1. The van der Waals surface area contributed by atoms with E-state index < -0.39 is 0 Å². The lowest BCUT2D eigenvalue weighted by Crippen LogP contribution is -2.21. The molecule has 16 heavy (non-hydrogen) atoms. The van der Waals surface area contributed by atoms with Crippen LogP contribution in [0.25, 0.3) is 0 Å². The molecule has 0 bridgehead atoms. The molecule has 1 aromatic carbocycles. The van der Waals surface area contributed by atoms with E-state index in [0.29, 0.717) is 12.0 Å². The summed E-state index contributed by atoms with van der Waals surface area (Å²) in [5.41, 5.74) is 1.16. The van der Waals surface area contributed by atoms with Crippen LogP contribution in [0.3, 0.4) is 0 Å². The van der Waals surface area contributed by atoms with Crippen molar-refractivity contribution < 1.29 is 4.74 Å². The van der Waals surface area contributed by atoms with Crippen LogP contribution >= 0.6 is 0 Å². The highest BCUT2D eigenvalue weighted by Crippen LogP contribution is 2.17. The Hall–Kier alpha value is -1.18. The highest BCUT2D eigenvalue weighted by atomic mass is 16.5. The van der Waals surface area contributed by atoms with Crippen molar-refractivity contribution in [2.75, 3.05) is 11.9 Å². The van der Waals surface area contributed by atoms with Gasteiger partial charge in [-0.3, -0.25) is 0 Å². The van der Waals surface area contributed by atoms with E-state index in [4.69, 9.17) is 4.74 Å². The van der Waals surface area contributed by atoms with E-state index in [-0.39, 0.29) is 0 Å². The summed E-state index contributed by atoms with van der Waals surface area (Å²) in [6, 6.07) is 8.67. The van der Waals surface area contributed by atoms with Gasteiger partial charge in [-0.25, -0.2) is 0 Å². The van der Waals surface area contributed by atoms with Crippen LogP contribution < -0.4 is 10.1 Å². The van der Waals surface area contributed by atoms with Crippen LogP contribution in [0.4, 0.5) is 5.69 Å². The van der Waals surface area contributed by atoms with Gasteiger partial charge in [0.15, 0.2) is 0 Å². The molecular formula is C14H23NO. The third-order valence-electron chi connectivity index (χ3n) is 2.72. The average molecular weight is 221 g/mol. The Labute approximate surface area is 99.0 Å². The van der Waals surface area contributed by atoms with Crippen molar-refractivity contribution in [2.24, 2.45) is 5.92 Å². The molecule has 0 saturated carbocycles. The molecule has 1 unspecified atom stereocenters. The van der Waals surface area contributed by atoms with E-state index in [9.17, 15) is 0 Å². The molecule has 0 aliphatic carbocycles. The number of anilines is 1. The third kappa shape index (κ3) is 4.13. The van der Waals surface area contributed by atoms with Crippen LogP contribution in [0, 0.1) is 5.92 Å². The Morgan fingerprint density at radius 2 is 1.75 bits per heavy atom. The van der Waals surface area contributed by atoms with Crippen molar-refractivity contribution >= 4 is 5.69 Å². The van der Waals surface area contributed by atoms with E-state index in [1.54, 1.807) is 0 Å². The molecule has 0 heterocycles. The minimum Gasteiger partial charge on any atom is -0.494 e. The monoisotopic (exact) mass is 221 g/mol. The van der Waals surface area contributed by atoms with Crippen molar-refractivity contribution in [1.29, 1.82) is 0 Å². The summed E-state index contributed by atoms with van der Waals surface area (Å²) in [5.74, 6) is 1.58. The van der Waals surface area contributed by atoms with Gasteiger partial charge in [0.25, 0.3) is 0 Å². The topological polar surface area (TPSA) is 21.3 Å². The lowest BCUT2D eigenvalue weighted by atomic mass is 10.1. The van der Waals surface area contributed by atoms with Crippen LogP contribution in [0.1, 0.15) is 34.1 Å². The first-order chi connectivity index (χ1) is 7.63. The zero-order valence-electron chi connectivity index (χ0n) is 10.8. The molecular weight excluding hydrogens is 198 g/mol. The van der Waals surface area contributed by atoms with Gasteiger partial charge < -0.3 is 10.1 Å². The molecule has 0 spiro atoms. The summed E-state index contributed by atoms with van der Waals surface area (Å²) < 4.78 is 5.53. The van der Waals surface area contributed by atoms with Gasteiger partial charge in [0.2, 0.25) is 0 Å². The molecule has 0 aliphatic heterocycles. The standard InChI is InChI=1S/C14H23NO/c1-5-10-16-14-8-6-13(7-9-14)15-12(4)11(2)3/h6-9,11-12,15H,5,10H2,1-4H3. The van der Waals surface area contributed by atoms with Gasteiger partial charge in [-0.1, -0.05) is 20.8 Å². The molecule has 1 aromatic rings.